The van der Waals surface area contributed by atoms with Crippen LogP contribution in [0.15, 0.2) is 0 Å². The Morgan fingerprint density at radius 2 is 1.30 bits per heavy atom. The Balaban J connectivity index is 2.33. The molecule has 2 rings (SSSR count). The first-order valence-corrected chi connectivity index (χ1v) is 7.12. The van der Waals surface area contributed by atoms with E-state index in [-0.39, 0.29) is 0 Å². The largest absolute Gasteiger partial charge is 0.394 e. The van der Waals surface area contributed by atoms with Crippen LogP contribution in [0.3, 0.4) is 0 Å². The summed E-state index contributed by atoms with van der Waals surface area (Å²) in [5.41, 5.74) is 5.66. The molecule has 0 aliphatic carbocycles. The van der Waals surface area contributed by atoms with Gasteiger partial charge in [0.15, 0.2) is 0 Å². The van der Waals surface area contributed by atoms with Crippen LogP contribution in [0, 0.1) is 0 Å². The molecule has 11 nitrogen and oxygen atoms in total. The molecule has 0 aromatic carbocycles. The van der Waals surface area contributed by atoms with Gasteiger partial charge in [-0.2, -0.15) is 0 Å². The molecule has 23 heavy (non-hydrogen) atoms. The van der Waals surface area contributed by atoms with E-state index in [0.717, 1.165) is 0 Å². The van der Waals surface area contributed by atoms with E-state index in [1.165, 1.54) is 0 Å². The fraction of sp³-hybridized carbons (Fsp3) is 1.00. The Morgan fingerprint density at radius 3 is 1.83 bits per heavy atom. The zero-order valence-electron chi connectivity index (χ0n) is 12.1. The Morgan fingerprint density at radius 1 is 0.783 bits per heavy atom. The molecule has 2 aliphatic rings. The van der Waals surface area contributed by atoms with Crippen molar-refractivity contribution in [3.63, 3.8) is 0 Å². The van der Waals surface area contributed by atoms with E-state index in [4.69, 9.17) is 20.3 Å². The van der Waals surface area contributed by atoms with E-state index in [0.29, 0.717) is 0 Å². The van der Waals surface area contributed by atoms with Crippen LogP contribution < -0.4 is 5.73 Å². The zero-order valence-corrected chi connectivity index (χ0v) is 12.1. The van der Waals surface area contributed by atoms with E-state index in [1.807, 2.05) is 0 Å². The molecule has 2 fully saturated rings. The SMILES string of the molecule is N[C@H]1[C@@H](O)[C@H](O)[C@@H](CO)OC1(O)C1O[C@H](CO)[C@H](O)[C@H](O)[C@H]1O. The van der Waals surface area contributed by atoms with Crippen molar-refractivity contribution in [2.45, 2.75) is 60.7 Å². The van der Waals surface area contributed by atoms with Gasteiger partial charge in [-0.05, 0) is 0 Å². The van der Waals surface area contributed by atoms with Gasteiger partial charge in [-0.1, -0.05) is 0 Å². The molecule has 2 heterocycles. The summed E-state index contributed by atoms with van der Waals surface area (Å²) in [6, 6.07) is -1.67. The van der Waals surface area contributed by atoms with Crippen molar-refractivity contribution in [2.24, 2.45) is 5.73 Å². The summed E-state index contributed by atoms with van der Waals surface area (Å²) in [6.45, 7) is -1.51. The van der Waals surface area contributed by atoms with Crippen LogP contribution in [0.4, 0.5) is 0 Å². The smallest absolute Gasteiger partial charge is 0.213 e. The van der Waals surface area contributed by atoms with Crippen LogP contribution in [0.5, 0.6) is 0 Å². The third-order valence-electron chi connectivity index (χ3n) is 4.40. The number of aliphatic hydroxyl groups is 8. The molecule has 0 aromatic rings. The summed E-state index contributed by atoms with van der Waals surface area (Å²) in [5, 5.41) is 78.2. The maximum Gasteiger partial charge on any atom is 0.213 e. The van der Waals surface area contributed by atoms with Crippen molar-refractivity contribution < 1.29 is 50.3 Å². The first kappa shape index (κ1) is 18.9. The van der Waals surface area contributed by atoms with Crippen LogP contribution >= 0.6 is 0 Å². The van der Waals surface area contributed by atoms with E-state index in [2.05, 4.69) is 0 Å². The Bertz CT molecular complexity index is 409. The number of rotatable bonds is 3. The van der Waals surface area contributed by atoms with E-state index in [1.54, 1.807) is 0 Å². The second kappa shape index (κ2) is 6.82. The first-order valence-electron chi connectivity index (χ1n) is 7.12. The molecular weight excluding hydrogens is 318 g/mol. The van der Waals surface area contributed by atoms with Crippen molar-refractivity contribution >= 4 is 0 Å². The number of ether oxygens (including phenoxy) is 2. The minimum atomic E-state index is -2.60. The summed E-state index contributed by atoms with van der Waals surface area (Å²) < 4.78 is 10.3. The lowest BCUT2D eigenvalue weighted by molar-refractivity contribution is -0.382. The van der Waals surface area contributed by atoms with Gasteiger partial charge >= 0.3 is 0 Å². The molecule has 0 radical (unpaired) electrons. The monoisotopic (exact) mass is 341 g/mol. The maximum absolute atomic E-state index is 10.7. The fourth-order valence-corrected chi connectivity index (χ4v) is 2.91. The molecule has 2 saturated heterocycles. The van der Waals surface area contributed by atoms with Crippen molar-refractivity contribution in [2.75, 3.05) is 13.2 Å². The van der Waals surface area contributed by atoms with Crippen molar-refractivity contribution in [1.82, 2.24) is 0 Å². The average Bonchev–Trinajstić information content (AvgIpc) is 2.54. The number of hydrogen-bond acceptors (Lipinski definition) is 11. The molecule has 0 bridgehead atoms. The van der Waals surface area contributed by atoms with Crippen molar-refractivity contribution in [1.29, 1.82) is 0 Å². The lowest BCUT2D eigenvalue weighted by atomic mass is 9.82. The van der Waals surface area contributed by atoms with Gasteiger partial charge in [0.25, 0.3) is 0 Å². The van der Waals surface area contributed by atoms with E-state index >= 15 is 0 Å². The average molecular weight is 341 g/mol. The number of aliphatic hydroxyl groups excluding tert-OH is 7. The summed E-state index contributed by atoms with van der Waals surface area (Å²) >= 11 is 0. The van der Waals surface area contributed by atoms with Gasteiger partial charge in [-0.15, -0.1) is 0 Å². The van der Waals surface area contributed by atoms with Gasteiger partial charge in [0.05, 0.1) is 19.3 Å². The second-order valence-corrected chi connectivity index (χ2v) is 5.85. The van der Waals surface area contributed by atoms with Crippen molar-refractivity contribution in [3.8, 4) is 0 Å². The molecular formula is C12H23NO10. The summed E-state index contributed by atoms with van der Waals surface area (Å²) in [5.74, 6) is -2.60. The minimum absolute atomic E-state index is 0.735. The highest BCUT2D eigenvalue weighted by molar-refractivity contribution is 5.07. The van der Waals surface area contributed by atoms with E-state index in [9.17, 15) is 35.7 Å². The van der Waals surface area contributed by atoms with Crippen LogP contribution in [-0.2, 0) is 9.47 Å². The summed E-state index contributed by atoms with van der Waals surface area (Å²) in [4.78, 5) is 0. The molecule has 0 spiro atoms. The third kappa shape index (κ3) is 2.99. The van der Waals surface area contributed by atoms with Crippen molar-refractivity contribution in [3.05, 3.63) is 0 Å². The zero-order chi connectivity index (χ0) is 17.5. The number of hydrogen-bond donors (Lipinski definition) is 9. The predicted octanol–water partition coefficient (Wildman–Crippen LogP) is -6.04. The molecule has 136 valence electrons. The topological polar surface area (TPSA) is 206 Å². The second-order valence-electron chi connectivity index (χ2n) is 5.85. The highest BCUT2D eigenvalue weighted by atomic mass is 16.7. The molecule has 0 amide bonds. The van der Waals surface area contributed by atoms with Crippen LogP contribution in [0.2, 0.25) is 0 Å². The quantitative estimate of drug-likeness (QED) is 0.236. The number of nitrogens with two attached hydrogens (primary N) is 1. The van der Waals surface area contributed by atoms with Gasteiger partial charge in [-0.25, -0.2) is 0 Å². The standard InChI is InChI=1S/C12H23NO10/c13-10-8(19)6(17)4(2-15)23-12(10,21)11-9(20)7(18)5(16)3(1-14)22-11/h3-11,14-21H,1-2,13H2/t3-,4-,5+,6-,7+,8+,9-,10+,11?,12?/m1/s1. The Kier molecular flexibility index (Phi) is 5.60. The summed E-state index contributed by atoms with van der Waals surface area (Å²) in [7, 11) is 0. The lowest BCUT2D eigenvalue weighted by Crippen LogP contribution is -2.77. The maximum atomic E-state index is 10.7. The first-order chi connectivity index (χ1) is 10.7. The highest BCUT2D eigenvalue weighted by Gasteiger charge is 2.61. The Hall–Kier alpha value is -0.440. The minimum Gasteiger partial charge on any atom is -0.394 e. The van der Waals surface area contributed by atoms with Gasteiger partial charge in [0, 0.05) is 0 Å². The van der Waals surface area contributed by atoms with E-state index < -0.39 is 73.9 Å². The van der Waals surface area contributed by atoms with Crippen LogP contribution in [0.1, 0.15) is 0 Å². The van der Waals surface area contributed by atoms with Crippen LogP contribution in [-0.4, -0.2) is 115 Å². The van der Waals surface area contributed by atoms with Crippen LogP contribution in [0.25, 0.3) is 0 Å². The third-order valence-corrected chi connectivity index (χ3v) is 4.40. The molecule has 10 N–H and O–H groups in total. The molecule has 11 heteroatoms. The lowest BCUT2D eigenvalue weighted by Gasteiger charge is -2.53. The molecule has 0 aromatic heterocycles. The normalized spacial score (nSPS) is 54.9. The molecule has 2 unspecified atom stereocenters. The summed E-state index contributed by atoms with van der Waals surface area (Å²) in [6.07, 6.45) is -13.1. The highest BCUT2D eigenvalue weighted by Crippen LogP contribution is 2.36. The molecule has 0 saturated carbocycles. The Labute approximate surface area is 131 Å². The van der Waals surface area contributed by atoms with Gasteiger partial charge < -0.3 is 56.1 Å². The predicted molar refractivity (Wildman–Crippen MR) is 70.7 cm³/mol. The van der Waals surface area contributed by atoms with Gasteiger partial charge in [-0.3, -0.25) is 0 Å². The molecule has 10 atom stereocenters. The van der Waals surface area contributed by atoms with Gasteiger partial charge in [0.1, 0.15) is 48.8 Å². The molecule has 2 aliphatic heterocycles. The van der Waals surface area contributed by atoms with Gasteiger partial charge in [0.2, 0.25) is 5.79 Å². The fourth-order valence-electron chi connectivity index (χ4n) is 2.91.